The molecule has 0 N–H and O–H groups in total. The van der Waals surface area contributed by atoms with E-state index in [-0.39, 0.29) is 5.97 Å². The maximum absolute atomic E-state index is 11.2. The predicted octanol–water partition coefficient (Wildman–Crippen LogP) is 4.41. The molecule has 0 bridgehead atoms. The molecule has 0 aromatic heterocycles. The van der Waals surface area contributed by atoms with E-state index < -0.39 is 0 Å². The molecule has 0 radical (unpaired) electrons. The highest BCUT2D eigenvalue weighted by Gasteiger charge is 1.99. The number of carbonyl (C=O) groups is 1. The van der Waals surface area contributed by atoms with E-state index in [2.05, 4.69) is 33.8 Å². The number of carbonyl (C=O) groups excluding carboxylic acids is 1. The van der Waals surface area contributed by atoms with Crippen LogP contribution < -0.4 is 0 Å². The molecular weight excluding hydrogens is 212 g/mol. The van der Waals surface area contributed by atoms with Gasteiger partial charge in [-0.2, -0.15) is 0 Å². The quantitative estimate of drug-likeness (QED) is 0.462. The lowest BCUT2D eigenvalue weighted by Gasteiger charge is -2.02. The van der Waals surface area contributed by atoms with E-state index in [0.717, 1.165) is 25.7 Å². The van der Waals surface area contributed by atoms with E-state index >= 15 is 0 Å². The van der Waals surface area contributed by atoms with Crippen LogP contribution in [-0.4, -0.2) is 12.6 Å². The van der Waals surface area contributed by atoms with Crippen LogP contribution in [0.3, 0.4) is 0 Å². The van der Waals surface area contributed by atoms with E-state index in [1.54, 1.807) is 0 Å². The fraction of sp³-hybridized carbons (Fsp3) is 0.667. The average molecular weight is 238 g/mol. The van der Waals surface area contributed by atoms with Gasteiger partial charge in [0.1, 0.15) is 6.61 Å². The third kappa shape index (κ3) is 11.2. The summed E-state index contributed by atoms with van der Waals surface area (Å²) >= 11 is 0. The van der Waals surface area contributed by atoms with Crippen LogP contribution in [0.15, 0.2) is 23.3 Å². The van der Waals surface area contributed by atoms with Crippen molar-refractivity contribution in [3.8, 4) is 0 Å². The van der Waals surface area contributed by atoms with Crippen molar-refractivity contribution in [1.29, 1.82) is 0 Å². The van der Waals surface area contributed by atoms with Crippen LogP contribution in [0.25, 0.3) is 0 Å². The predicted molar refractivity (Wildman–Crippen MR) is 72.9 cm³/mol. The molecule has 0 heterocycles. The minimum absolute atomic E-state index is 0.0831. The molecule has 0 aliphatic heterocycles. The van der Waals surface area contributed by atoms with Crippen molar-refractivity contribution in [3.63, 3.8) is 0 Å². The Bertz CT molecular complexity index is 271. The molecule has 0 saturated heterocycles. The largest absolute Gasteiger partial charge is 0.461 e. The van der Waals surface area contributed by atoms with Crippen molar-refractivity contribution < 1.29 is 9.53 Å². The fourth-order valence-electron chi connectivity index (χ4n) is 1.36. The van der Waals surface area contributed by atoms with Crippen molar-refractivity contribution in [3.05, 3.63) is 23.3 Å². The highest BCUT2D eigenvalue weighted by molar-refractivity contribution is 5.69. The highest BCUT2D eigenvalue weighted by atomic mass is 16.5. The van der Waals surface area contributed by atoms with Crippen molar-refractivity contribution in [2.75, 3.05) is 6.61 Å². The summed E-state index contributed by atoms with van der Waals surface area (Å²) in [7, 11) is 0. The second kappa shape index (κ2) is 10.1. The van der Waals surface area contributed by atoms with Gasteiger partial charge in [-0.05, 0) is 46.1 Å². The number of allylic oxidation sites excluding steroid dienone is 3. The molecule has 0 fully saturated rings. The lowest BCUT2D eigenvalue weighted by Crippen LogP contribution is -2.04. The summed E-state index contributed by atoms with van der Waals surface area (Å²) in [5, 5.41) is 0. The minimum Gasteiger partial charge on any atom is -0.461 e. The van der Waals surface area contributed by atoms with Crippen molar-refractivity contribution >= 4 is 5.97 Å². The van der Waals surface area contributed by atoms with E-state index in [0.29, 0.717) is 13.0 Å². The molecule has 0 aromatic carbocycles. The number of hydrogen-bond acceptors (Lipinski definition) is 2. The summed E-state index contributed by atoms with van der Waals surface area (Å²) in [6.07, 6.45) is 8.83. The Hall–Kier alpha value is -1.05. The van der Waals surface area contributed by atoms with Crippen LogP contribution >= 0.6 is 0 Å². The molecule has 2 heteroatoms. The number of hydrogen-bond donors (Lipinski definition) is 0. The molecular formula is C15H26O2. The molecule has 0 spiro atoms. The second-order valence-electron chi connectivity index (χ2n) is 4.66. The van der Waals surface area contributed by atoms with E-state index in [9.17, 15) is 4.79 Å². The lowest BCUT2D eigenvalue weighted by atomic mass is 10.1. The van der Waals surface area contributed by atoms with Gasteiger partial charge in [-0.15, -0.1) is 0 Å². The third-order valence-electron chi connectivity index (χ3n) is 2.50. The summed E-state index contributed by atoms with van der Waals surface area (Å²) in [4.78, 5) is 11.2. The normalized spacial score (nSPS) is 11.2. The van der Waals surface area contributed by atoms with Crippen molar-refractivity contribution in [1.82, 2.24) is 0 Å². The zero-order valence-electron chi connectivity index (χ0n) is 11.7. The monoisotopic (exact) mass is 238 g/mol. The zero-order valence-corrected chi connectivity index (χ0v) is 11.7. The minimum atomic E-state index is -0.0831. The van der Waals surface area contributed by atoms with E-state index in [4.69, 9.17) is 4.74 Å². The Balaban J connectivity index is 3.69. The van der Waals surface area contributed by atoms with Gasteiger partial charge < -0.3 is 4.74 Å². The standard InChI is InChI=1S/C15H26O2/c1-5-6-10-15(16)17-12-11-14(4)9-7-8-13(2)3/h8,11H,5-7,9-10,12H2,1-4H3/b14-11+. The van der Waals surface area contributed by atoms with Crippen LogP contribution in [0.2, 0.25) is 0 Å². The van der Waals surface area contributed by atoms with Gasteiger partial charge in [0.25, 0.3) is 0 Å². The maximum Gasteiger partial charge on any atom is 0.306 e. The van der Waals surface area contributed by atoms with E-state index in [1.807, 2.05) is 6.08 Å². The van der Waals surface area contributed by atoms with Crippen LogP contribution in [0, 0.1) is 0 Å². The van der Waals surface area contributed by atoms with Crippen molar-refractivity contribution in [2.24, 2.45) is 0 Å². The number of ether oxygens (including phenoxy) is 1. The molecule has 0 aliphatic carbocycles. The van der Waals surface area contributed by atoms with Gasteiger partial charge in [0.15, 0.2) is 0 Å². The van der Waals surface area contributed by atoms with Gasteiger partial charge in [0.05, 0.1) is 0 Å². The first kappa shape index (κ1) is 16.0. The molecule has 2 nitrogen and oxygen atoms in total. The third-order valence-corrected chi connectivity index (χ3v) is 2.50. The molecule has 98 valence electrons. The summed E-state index contributed by atoms with van der Waals surface area (Å²) < 4.78 is 5.11. The SMILES string of the molecule is CCCCC(=O)OC/C=C(\C)CCC=C(C)C. The van der Waals surface area contributed by atoms with Crippen LogP contribution in [0.1, 0.15) is 59.8 Å². The topological polar surface area (TPSA) is 26.3 Å². The molecule has 0 atom stereocenters. The Morgan fingerprint density at radius 1 is 1.12 bits per heavy atom. The Morgan fingerprint density at radius 2 is 1.82 bits per heavy atom. The smallest absolute Gasteiger partial charge is 0.306 e. The second-order valence-corrected chi connectivity index (χ2v) is 4.66. The first-order valence-corrected chi connectivity index (χ1v) is 6.50. The molecule has 17 heavy (non-hydrogen) atoms. The molecule has 0 amide bonds. The first-order chi connectivity index (χ1) is 8.06. The average Bonchev–Trinajstić information content (AvgIpc) is 2.25. The van der Waals surface area contributed by atoms with Gasteiger partial charge in [-0.25, -0.2) is 0 Å². The van der Waals surface area contributed by atoms with Crippen LogP contribution in [-0.2, 0) is 9.53 Å². The van der Waals surface area contributed by atoms with Crippen LogP contribution in [0.5, 0.6) is 0 Å². The van der Waals surface area contributed by atoms with E-state index in [1.165, 1.54) is 11.1 Å². The summed E-state index contributed by atoms with van der Waals surface area (Å²) in [6.45, 7) is 8.78. The number of unbranched alkanes of at least 4 members (excludes halogenated alkanes) is 1. The Morgan fingerprint density at radius 3 is 2.41 bits per heavy atom. The van der Waals surface area contributed by atoms with Gasteiger partial charge in [0, 0.05) is 6.42 Å². The molecule has 0 rings (SSSR count). The number of rotatable bonds is 8. The van der Waals surface area contributed by atoms with Gasteiger partial charge >= 0.3 is 5.97 Å². The molecule has 0 saturated carbocycles. The maximum atomic E-state index is 11.2. The fourth-order valence-corrected chi connectivity index (χ4v) is 1.36. The highest BCUT2D eigenvalue weighted by Crippen LogP contribution is 2.06. The summed E-state index contributed by atoms with van der Waals surface area (Å²) in [5.74, 6) is -0.0831. The van der Waals surface area contributed by atoms with Crippen molar-refractivity contribution in [2.45, 2.75) is 59.8 Å². The Kier molecular flexibility index (Phi) is 9.50. The first-order valence-electron chi connectivity index (χ1n) is 6.50. The Labute approximate surface area is 106 Å². The van der Waals surface area contributed by atoms with Crippen LogP contribution in [0.4, 0.5) is 0 Å². The van der Waals surface area contributed by atoms with Gasteiger partial charge in [-0.3, -0.25) is 4.79 Å². The lowest BCUT2D eigenvalue weighted by molar-refractivity contribution is -0.142. The molecule has 0 aromatic rings. The molecule has 0 unspecified atom stereocenters. The summed E-state index contributed by atoms with van der Waals surface area (Å²) in [6, 6.07) is 0. The van der Waals surface area contributed by atoms with Gasteiger partial charge in [-0.1, -0.05) is 30.6 Å². The summed E-state index contributed by atoms with van der Waals surface area (Å²) in [5.41, 5.74) is 2.63. The van der Waals surface area contributed by atoms with Gasteiger partial charge in [0.2, 0.25) is 0 Å². The number of esters is 1. The molecule has 0 aliphatic rings. The zero-order chi connectivity index (χ0) is 13.1.